The van der Waals surface area contributed by atoms with Crippen molar-refractivity contribution in [2.75, 3.05) is 27.8 Å². The number of furan rings is 1. The van der Waals surface area contributed by atoms with E-state index in [2.05, 4.69) is 27.3 Å². The van der Waals surface area contributed by atoms with E-state index in [1.807, 2.05) is 41.9 Å². The molecule has 0 spiro atoms. The van der Waals surface area contributed by atoms with Crippen LogP contribution in [0.15, 0.2) is 52.3 Å². The smallest absolute Gasteiger partial charge is 0.194 e. The van der Waals surface area contributed by atoms with E-state index in [-0.39, 0.29) is 0 Å². The van der Waals surface area contributed by atoms with Crippen molar-refractivity contribution in [3.63, 3.8) is 0 Å². The largest absolute Gasteiger partial charge is 0.497 e. The molecule has 0 atom stereocenters. The van der Waals surface area contributed by atoms with Crippen molar-refractivity contribution >= 4 is 5.96 Å². The van der Waals surface area contributed by atoms with Crippen LogP contribution in [-0.2, 0) is 26.1 Å². The fraction of sp³-hybridized carbons (Fsp3) is 0.409. The summed E-state index contributed by atoms with van der Waals surface area (Å²) in [5.41, 5.74) is 1.03. The van der Waals surface area contributed by atoms with Crippen LogP contribution < -0.4 is 14.8 Å². The molecule has 0 bridgehead atoms. The van der Waals surface area contributed by atoms with Gasteiger partial charge in [0.05, 0.1) is 20.5 Å². The fourth-order valence-electron chi connectivity index (χ4n) is 3.21. The van der Waals surface area contributed by atoms with Gasteiger partial charge in [0.15, 0.2) is 5.96 Å². The van der Waals surface area contributed by atoms with Gasteiger partial charge >= 0.3 is 0 Å². The minimum absolute atomic E-state index is 0.451. The molecule has 9 nitrogen and oxygen atoms in total. The molecule has 0 fully saturated rings. The number of nitrogens with one attached hydrogen (secondary N) is 1. The zero-order valence-corrected chi connectivity index (χ0v) is 18.5. The average molecular weight is 427 g/mol. The Morgan fingerprint density at radius 2 is 2.13 bits per heavy atom. The first kappa shape index (κ1) is 22.2. The highest BCUT2D eigenvalue weighted by molar-refractivity contribution is 5.79. The highest BCUT2D eigenvalue weighted by atomic mass is 16.5. The van der Waals surface area contributed by atoms with Gasteiger partial charge in [0.1, 0.15) is 36.0 Å². The predicted molar refractivity (Wildman–Crippen MR) is 118 cm³/mol. The molecule has 1 aromatic carbocycles. The Kier molecular flexibility index (Phi) is 7.91. The van der Waals surface area contributed by atoms with Crippen molar-refractivity contribution in [3.05, 3.63) is 60.1 Å². The zero-order valence-electron chi connectivity index (χ0n) is 18.5. The average Bonchev–Trinajstić information content (AvgIpc) is 3.48. The second-order valence-corrected chi connectivity index (χ2v) is 6.97. The summed E-state index contributed by atoms with van der Waals surface area (Å²) in [7, 11) is 5.30. The number of rotatable bonds is 10. The Bertz CT molecular complexity index is 968. The van der Waals surface area contributed by atoms with Crippen molar-refractivity contribution in [1.82, 2.24) is 25.0 Å². The van der Waals surface area contributed by atoms with E-state index >= 15 is 0 Å². The number of benzene rings is 1. The predicted octanol–water partition coefficient (Wildman–Crippen LogP) is 2.73. The van der Waals surface area contributed by atoms with Gasteiger partial charge in [0.2, 0.25) is 0 Å². The maximum absolute atomic E-state index is 5.54. The first-order valence-corrected chi connectivity index (χ1v) is 10.2. The number of methoxy groups -OCH3 is 2. The maximum atomic E-state index is 5.54. The Hall–Kier alpha value is -3.49. The SMILES string of the molecule is CCc1nncn1CCNC(=NCc1ccco1)N(C)Cc1ccc(OC)cc1OC. The monoisotopic (exact) mass is 426 g/mol. The number of aliphatic imine (C=N–C) groups is 1. The van der Waals surface area contributed by atoms with Gasteiger partial charge in [-0.15, -0.1) is 10.2 Å². The molecule has 2 aromatic heterocycles. The molecule has 0 aliphatic carbocycles. The van der Waals surface area contributed by atoms with E-state index < -0.39 is 0 Å². The van der Waals surface area contributed by atoms with Gasteiger partial charge in [-0.25, -0.2) is 4.99 Å². The van der Waals surface area contributed by atoms with Gasteiger partial charge < -0.3 is 28.7 Å². The lowest BCUT2D eigenvalue weighted by atomic mass is 10.2. The van der Waals surface area contributed by atoms with Crippen LogP contribution in [0.1, 0.15) is 24.1 Å². The second-order valence-electron chi connectivity index (χ2n) is 6.97. The molecule has 1 N–H and O–H groups in total. The quantitative estimate of drug-likeness (QED) is 0.394. The molecule has 0 amide bonds. The summed E-state index contributed by atoms with van der Waals surface area (Å²) >= 11 is 0. The van der Waals surface area contributed by atoms with Crippen LogP contribution in [0, 0.1) is 0 Å². The highest BCUT2D eigenvalue weighted by Gasteiger charge is 2.12. The summed E-state index contributed by atoms with van der Waals surface area (Å²) in [4.78, 5) is 6.80. The third-order valence-electron chi connectivity index (χ3n) is 4.88. The molecule has 3 aromatic rings. The van der Waals surface area contributed by atoms with Crippen LogP contribution in [0.2, 0.25) is 0 Å². The summed E-state index contributed by atoms with van der Waals surface area (Å²) in [6.45, 7) is 4.57. The van der Waals surface area contributed by atoms with Crippen LogP contribution >= 0.6 is 0 Å². The lowest BCUT2D eigenvalue weighted by Gasteiger charge is -2.24. The normalized spacial score (nSPS) is 11.4. The fourth-order valence-corrected chi connectivity index (χ4v) is 3.21. The zero-order chi connectivity index (χ0) is 22.1. The van der Waals surface area contributed by atoms with Gasteiger partial charge in [-0.2, -0.15) is 0 Å². The topological polar surface area (TPSA) is 89.9 Å². The highest BCUT2D eigenvalue weighted by Crippen LogP contribution is 2.25. The number of guanidine groups is 1. The van der Waals surface area contributed by atoms with Gasteiger partial charge in [0.25, 0.3) is 0 Å². The Morgan fingerprint density at radius 1 is 1.26 bits per heavy atom. The number of aromatic nitrogens is 3. The van der Waals surface area contributed by atoms with E-state index in [1.165, 1.54) is 0 Å². The van der Waals surface area contributed by atoms with E-state index in [0.717, 1.165) is 47.6 Å². The molecular weight excluding hydrogens is 396 g/mol. The van der Waals surface area contributed by atoms with Gasteiger partial charge in [-0.05, 0) is 24.3 Å². The minimum Gasteiger partial charge on any atom is -0.497 e. The molecule has 0 radical (unpaired) electrons. The molecule has 31 heavy (non-hydrogen) atoms. The standard InChI is InChI=1S/C22H30N6O3/c1-5-21-26-25-16-28(21)11-10-23-22(24-14-19-7-6-12-31-19)27(2)15-17-8-9-18(29-3)13-20(17)30-4/h6-9,12-13,16H,5,10-11,14-15H2,1-4H3,(H,23,24). The van der Waals surface area contributed by atoms with Crippen molar-refractivity contribution in [1.29, 1.82) is 0 Å². The molecule has 0 saturated heterocycles. The molecular formula is C22H30N6O3. The first-order valence-electron chi connectivity index (χ1n) is 10.2. The van der Waals surface area contributed by atoms with Crippen LogP contribution in [0.3, 0.4) is 0 Å². The van der Waals surface area contributed by atoms with Crippen LogP contribution in [0.25, 0.3) is 0 Å². The van der Waals surface area contributed by atoms with Gasteiger partial charge in [0, 0.05) is 44.7 Å². The summed E-state index contributed by atoms with van der Waals surface area (Å²) in [5.74, 6) is 4.07. The van der Waals surface area contributed by atoms with Crippen molar-refractivity contribution in [3.8, 4) is 11.5 Å². The molecule has 0 unspecified atom stereocenters. The molecule has 2 heterocycles. The van der Waals surface area contributed by atoms with Crippen LogP contribution in [0.4, 0.5) is 0 Å². The first-order chi connectivity index (χ1) is 15.1. The second kappa shape index (κ2) is 11.1. The number of ether oxygens (including phenoxy) is 2. The third-order valence-corrected chi connectivity index (χ3v) is 4.88. The number of hydrogen-bond donors (Lipinski definition) is 1. The summed E-state index contributed by atoms with van der Waals surface area (Å²) in [6, 6.07) is 9.59. The number of aryl methyl sites for hydroxylation is 1. The van der Waals surface area contributed by atoms with E-state index in [0.29, 0.717) is 19.6 Å². The van der Waals surface area contributed by atoms with E-state index in [1.54, 1.807) is 26.8 Å². The Morgan fingerprint density at radius 3 is 2.84 bits per heavy atom. The Balaban J connectivity index is 1.71. The molecule has 0 aliphatic heterocycles. The van der Waals surface area contributed by atoms with Crippen LogP contribution in [-0.4, -0.2) is 53.4 Å². The maximum Gasteiger partial charge on any atom is 0.194 e. The minimum atomic E-state index is 0.451. The summed E-state index contributed by atoms with van der Waals surface area (Å²) < 4.78 is 18.3. The lowest BCUT2D eigenvalue weighted by molar-refractivity contribution is 0.382. The molecule has 3 rings (SSSR count). The molecule has 9 heteroatoms. The lowest BCUT2D eigenvalue weighted by Crippen LogP contribution is -2.40. The third kappa shape index (κ3) is 6.00. The Labute approximate surface area is 182 Å². The van der Waals surface area contributed by atoms with Gasteiger partial charge in [-0.3, -0.25) is 0 Å². The van der Waals surface area contributed by atoms with Crippen molar-refractivity contribution in [2.45, 2.75) is 33.0 Å². The summed E-state index contributed by atoms with van der Waals surface area (Å²) in [6.07, 6.45) is 4.25. The van der Waals surface area contributed by atoms with Crippen LogP contribution in [0.5, 0.6) is 11.5 Å². The number of hydrogen-bond acceptors (Lipinski definition) is 6. The number of nitrogens with zero attached hydrogens (tertiary/aromatic N) is 5. The molecule has 0 aliphatic rings. The van der Waals surface area contributed by atoms with Gasteiger partial charge in [-0.1, -0.05) is 6.92 Å². The molecule has 0 saturated carbocycles. The van der Waals surface area contributed by atoms with Crippen molar-refractivity contribution < 1.29 is 13.9 Å². The summed E-state index contributed by atoms with van der Waals surface area (Å²) in [5, 5.41) is 11.6. The van der Waals surface area contributed by atoms with E-state index in [9.17, 15) is 0 Å². The van der Waals surface area contributed by atoms with E-state index in [4.69, 9.17) is 18.9 Å². The molecule has 166 valence electrons. The van der Waals surface area contributed by atoms with Crippen molar-refractivity contribution in [2.24, 2.45) is 4.99 Å².